The molecule has 0 radical (unpaired) electrons. The van der Waals surface area contributed by atoms with E-state index in [0.29, 0.717) is 30.9 Å². The molecular weight excluding hydrogens is 336 g/mol. The third-order valence-electron chi connectivity index (χ3n) is 5.58. The minimum atomic E-state index is -0.660. The molecule has 138 valence electrons. The van der Waals surface area contributed by atoms with E-state index in [0.717, 1.165) is 23.9 Å². The highest BCUT2D eigenvalue weighted by atomic mass is 16.5. The Labute approximate surface area is 150 Å². The Balaban J connectivity index is 1.74. The molecule has 1 unspecified atom stereocenters. The average Bonchev–Trinajstić information content (AvgIpc) is 2.87. The molecule has 3 heterocycles. The first-order valence-corrected chi connectivity index (χ1v) is 8.94. The lowest BCUT2D eigenvalue weighted by atomic mass is 9.90. The molecule has 1 aromatic carbocycles. The number of hydroxylamine groups is 2. The van der Waals surface area contributed by atoms with Crippen LogP contribution in [0, 0.1) is 0 Å². The number of nitrogens with one attached hydrogen (secondary N) is 1. The van der Waals surface area contributed by atoms with Crippen molar-refractivity contribution < 1.29 is 14.8 Å². The first-order valence-electron chi connectivity index (χ1n) is 8.94. The molecule has 2 aromatic rings. The standard InChI is InChI=1S/C18H22N4O4/c1-20-15-10-12(11-6-8-21(26)9-7-11)2-3-13(15)22(18(20)25)14-4-5-16(23)19-17(14)24/h2-3,10-11,14,26H,4-9H2,1H3,(H,19,23,24). The molecule has 0 spiro atoms. The lowest BCUT2D eigenvalue weighted by Crippen LogP contribution is -2.44. The third kappa shape index (κ3) is 2.75. The fourth-order valence-electron chi connectivity index (χ4n) is 4.06. The van der Waals surface area contributed by atoms with E-state index in [2.05, 4.69) is 5.32 Å². The molecule has 2 saturated heterocycles. The maximum atomic E-state index is 12.8. The summed E-state index contributed by atoms with van der Waals surface area (Å²) in [4.78, 5) is 36.4. The molecule has 4 rings (SSSR count). The van der Waals surface area contributed by atoms with Crippen LogP contribution >= 0.6 is 0 Å². The fourth-order valence-corrected chi connectivity index (χ4v) is 4.06. The molecule has 2 amide bonds. The number of carbonyl (C=O) groups is 2. The van der Waals surface area contributed by atoms with Crippen LogP contribution in [-0.4, -0.2) is 44.3 Å². The highest BCUT2D eigenvalue weighted by Gasteiger charge is 2.31. The Bertz CT molecular complexity index is 937. The highest BCUT2D eigenvalue weighted by Crippen LogP contribution is 2.30. The SMILES string of the molecule is Cn1c(=O)n(C2CCC(=O)NC2=O)c2ccc(C3CCN(O)CC3)cc21. The number of imide groups is 1. The van der Waals surface area contributed by atoms with Gasteiger partial charge in [-0.1, -0.05) is 6.07 Å². The van der Waals surface area contributed by atoms with Crippen molar-refractivity contribution in [1.29, 1.82) is 0 Å². The number of aryl methyl sites for hydroxylation is 1. The molecule has 2 aliphatic rings. The van der Waals surface area contributed by atoms with Crippen LogP contribution < -0.4 is 11.0 Å². The fraction of sp³-hybridized carbons (Fsp3) is 0.500. The van der Waals surface area contributed by atoms with Crippen LogP contribution in [0.15, 0.2) is 23.0 Å². The zero-order valence-corrected chi connectivity index (χ0v) is 14.6. The van der Waals surface area contributed by atoms with Gasteiger partial charge in [0.15, 0.2) is 0 Å². The highest BCUT2D eigenvalue weighted by molar-refractivity contribution is 6.00. The second-order valence-corrected chi connectivity index (χ2v) is 7.15. The van der Waals surface area contributed by atoms with E-state index in [1.807, 2.05) is 18.2 Å². The Morgan fingerprint density at radius 2 is 1.81 bits per heavy atom. The van der Waals surface area contributed by atoms with Crippen LogP contribution in [0.1, 0.15) is 43.2 Å². The van der Waals surface area contributed by atoms with Crippen molar-refractivity contribution in [3.63, 3.8) is 0 Å². The summed E-state index contributed by atoms with van der Waals surface area (Å²) >= 11 is 0. The van der Waals surface area contributed by atoms with E-state index in [1.54, 1.807) is 11.6 Å². The van der Waals surface area contributed by atoms with Crippen molar-refractivity contribution in [2.24, 2.45) is 7.05 Å². The van der Waals surface area contributed by atoms with E-state index < -0.39 is 11.9 Å². The number of imidazole rings is 1. The summed E-state index contributed by atoms with van der Waals surface area (Å²) in [6.07, 6.45) is 2.30. The van der Waals surface area contributed by atoms with Crippen molar-refractivity contribution >= 4 is 22.8 Å². The Kier molecular flexibility index (Phi) is 4.16. The number of carbonyl (C=O) groups excluding carboxylic acids is 2. The predicted octanol–water partition coefficient (Wildman–Crippen LogP) is 0.886. The van der Waals surface area contributed by atoms with Crippen molar-refractivity contribution in [2.75, 3.05) is 13.1 Å². The van der Waals surface area contributed by atoms with Gasteiger partial charge >= 0.3 is 5.69 Å². The van der Waals surface area contributed by atoms with Crippen molar-refractivity contribution in [1.82, 2.24) is 19.5 Å². The van der Waals surface area contributed by atoms with E-state index in [1.165, 1.54) is 9.63 Å². The molecule has 1 aromatic heterocycles. The molecule has 0 saturated carbocycles. The van der Waals surface area contributed by atoms with Gasteiger partial charge in [-0.05, 0) is 42.9 Å². The van der Waals surface area contributed by atoms with Gasteiger partial charge in [0, 0.05) is 26.6 Å². The van der Waals surface area contributed by atoms with Crippen molar-refractivity contribution in [3.8, 4) is 0 Å². The summed E-state index contributed by atoms with van der Waals surface area (Å²) in [5.41, 5.74) is 2.37. The predicted molar refractivity (Wildman–Crippen MR) is 93.9 cm³/mol. The maximum absolute atomic E-state index is 12.8. The molecule has 2 aliphatic heterocycles. The molecule has 1 atom stereocenters. The van der Waals surface area contributed by atoms with Gasteiger partial charge in [-0.15, -0.1) is 0 Å². The molecule has 0 aliphatic carbocycles. The smallest absolute Gasteiger partial charge is 0.314 e. The monoisotopic (exact) mass is 358 g/mol. The van der Waals surface area contributed by atoms with Crippen LogP contribution in [0.2, 0.25) is 0 Å². The largest absolute Gasteiger partial charge is 0.329 e. The van der Waals surface area contributed by atoms with Crippen LogP contribution in [0.25, 0.3) is 11.0 Å². The van der Waals surface area contributed by atoms with E-state index >= 15 is 0 Å². The van der Waals surface area contributed by atoms with Gasteiger partial charge < -0.3 is 5.21 Å². The van der Waals surface area contributed by atoms with Gasteiger partial charge in [0.25, 0.3) is 0 Å². The van der Waals surface area contributed by atoms with Gasteiger partial charge in [0.2, 0.25) is 11.8 Å². The van der Waals surface area contributed by atoms with Gasteiger partial charge in [0.1, 0.15) is 6.04 Å². The number of amides is 2. The molecular formula is C18H22N4O4. The Hall–Kier alpha value is -2.45. The number of aromatic nitrogens is 2. The van der Waals surface area contributed by atoms with Crippen LogP contribution in [0.3, 0.4) is 0 Å². The summed E-state index contributed by atoms with van der Waals surface area (Å²) < 4.78 is 3.06. The van der Waals surface area contributed by atoms with E-state index in [9.17, 15) is 19.6 Å². The number of piperidine rings is 2. The minimum Gasteiger partial charge on any atom is -0.314 e. The molecule has 0 bridgehead atoms. The summed E-state index contributed by atoms with van der Waals surface area (Å²) in [6.45, 7) is 1.28. The van der Waals surface area contributed by atoms with Crippen LogP contribution in [-0.2, 0) is 16.6 Å². The third-order valence-corrected chi connectivity index (χ3v) is 5.58. The van der Waals surface area contributed by atoms with Crippen molar-refractivity contribution in [3.05, 3.63) is 34.2 Å². The number of fused-ring (bicyclic) bond motifs is 1. The van der Waals surface area contributed by atoms with Gasteiger partial charge in [-0.3, -0.25) is 24.0 Å². The van der Waals surface area contributed by atoms with Crippen LogP contribution in [0.4, 0.5) is 0 Å². The quantitative estimate of drug-likeness (QED) is 0.777. The Morgan fingerprint density at radius 1 is 1.08 bits per heavy atom. The lowest BCUT2D eigenvalue weighted by Gasteiger charge is -2.27. The normalized spacial score (nSPS) is 22.8. The zero-order chi connectivity index (χ0) is 18.4. The second-order valence-electron chi connectivity index (χ2n) is 7.15. The van der Waals surface area contributed by atoms with Gasteiger partial charge in [0.05, 0.1) is 11.0 Å². The second kappa shape index (κ2) is 6.37. The first kappa shape index (κ1) is 17.0. The summed E-state index contributed by atoms with van der Waals surface area (Å²) in [5, 5.41) is 13.2. The summed E-state index contributed by atoms with van der Waals surface area (Å²) in [5.74, 6) is -0.371. The molecule has 2 N–H and O–H groups in total. The lowest BCUT2D eigenvalue weighted by molar-refractivity contribution is -0.135. The van der Waals surface area contributed by atoms with Gasteiger partial charge in [-0.25, -0.2) is 4.79 Å². The number of nitrogens with zero attached hydrogens (tertiary/aromatic N) is 3. The average molecular weight is 358 g/mol. The van der Waals surface area contributed by atoms with Gasteiger partial charge in [-0.2, -0.15) is 5.06 Å². The van der Waals surface area contributed by atoms with Crippen molar-refractivity contribution in [2.45, 2.75) is 37.6 Å². The topological polar surface area (TPSA) is 96.6 Å². The number of hydrogen-bond acceptors (Lipinski definition) is 5. The first-order chi connectivity index (χ1) is 12.5. The molecule has 2 fully saturated rings. The minimum absolute atomic E-state index is 0.233. The molecule has 8 heteroatoms. The number of benzene rings is 1. The van der Waals surface area contributed by atoms with E-state index in [-0.39, 0.29) is 18.0 Å². The number of rotatable bonds is 2. The summed E-state index contributed by atoms with van der Waals surface area (Å²) in [7, 11) is 1.70. The Morgan fingerprint density at radius 3 is 2.50 bits per heavy atom. The number of hydrogen-bond donors (Lipinski definition) is 2. The maximum Gasteiger partial charge on any atom is 0.329 e. The summed E-state index contributed by atoms with van der Waals surface area (Å²) in [6, 6.07) is 5.24. The molecule has 26 heavy (non-hydrogen) atoms. The zero-order valence-electron chi connectivity index (χ0n) is 14.6. The van der Waals surface area contributed by atoms with Crippen LogP contribution in [0.5, 0.6) is 0 Å². The molecule has 8 nitrogen and oxygen atoms in total. The van der Waals surface area contributed by atoms with E-state index in [4.69, 9.17) is 0 Å².